The lowest BCUT2D eigenvalue weighted by Crippen LogP contribution is -2.39. The van der Waals surface area contributed by atoms with Gasteiger partial charge in [0.1, 0.15) is 0 Å². The van der Waals surface area contributed by atoms with Crippen LogP contribution < -0.4 is 5.32 Å². The Morgan fingerprint density at radius 3 is 2.15 bits per heavy atom. The maximum absolute atomic E-state index is 11.3. The van der Waals surface area contributed by atoms with E-state index < -0.39 is 15.9 Å². The van der Waals surface area contributed by atoms with Crippen LogP contribution in [0.2, 0.25) is 0 Å². The van der Waals surface area contributed by atoms with Crippen LogP contribution in [0.5, 0.6) is 0 Å². The molecule has 114 valence electrons. The topological polar surface area (TPSA) is 86.6 Å². The average Bonchev–Trinajstić information content (AvgIpc) is 2.38. The molecule has 0 heterocycles. The van der Waals surface area contributed by atoms with E-state index in [4.69, 9.17) is 0 Å². The fourth-order valence-electron chi connectivity index (χ4n) is 1.83. The summed E-state index contributed by atoms with van der Waals surface area (Å²) in [6.07, 6.45) is 0.408. The molecule has 1 rings (SSSR count). The summed E-state index contributed by atoms with van der Waals surface area (Å²) in [6, 6.07) is 6.11. The van der Waals surface area contributed by atoms with Gasteiger partial charge in [-0.1, -0.05) is 26.0 Å². The summed E-state index contributed by atoms with van der Waals surface area (Å²) in [7, 11) is -3.22. The van der Waals surface area contributed by atoms with Crippen LogP contribution in [0, 0.1) is 5.92 Å². The van der Waals surface area contributed by atoms with Gasteiger partial charge in [0, 0.05) is 18.8 Å². The number of hydrogen-bond acceptors (Lipinski definition) is 5. The molecule has 1 aromatic carbocycles. The fourth-order valence-corrected chi connectivity index (χ4v) is 2.46. The fraction of sp³-hybridized carbons (Fsp3) is 0.571. The molecular formula is C14H23NO4S. The summed E-state index contributed by atoms with van der Waals surface area (Å²) >= 11 is 0. The Hall–Kier alpha value is -0.950. The number of aliphatic hydroxyl groups excluding tert-OH is 2. The van der Waals surface area contributed by atoms with Crippen LogP contribution in [0.4, 0.5) is 0 Å². The quantitative estimate of drug-likeness (QED) is 0.691. The summed E-state index contributed by atoms with van der Waals surface area (Å²) in [6.45, 7) is 4.29. The van der Waals surface area contributed by atoms with Gasteiger partial charge < -0.3 is 15.5 Å². The minimum Gasteiger partial charge on any atom is -0.395 e. The van der Waals surface area contributed by atoms with Crippen molar-refractivity contribution in [1.29, 1.82) is 0 Å². The predicted molar refractivity (Wildman–Crippen MR) is 78.2 cm³/mol. The molecule has 0 aliphatic carbocycles. The van der Waals surface area contributed by atoms with Gasteiger partial charge in [-0.2, -0.15) is 0 Å². The lowest BCUT2D eigenvalue weighted by Gasteiger charge is -2.22. The highest BCUT2D eigenvalue weighted by atomic mass is 32.2. The second-order valence-corrected chi connectivity index (χ2v) is 7.31. The summed E-state index contributed by atoms with van der Waals surface area (Å²) in [5.41, 5.74) is 0.644. The number of benzene rings is 1. The smallest absolute Gasteiger partial charge is 0.175 e. The monoisotopic (exact) mass is 301 g/mol. The van der Waals surface area contributed by atoms with Crippen LogP contribution in [0.3, 0.4) is 0 Å². The van der Waals surface area contributed by atoms with E-state index in [-0.39, 0.29) is 23.5 Å². The Bertz CT molecular complexity index is 510. The zero-order chi connectivity index (χ0) is 15.3. The zero-order valence-corrected chi connectivity index (χ0v) is 12.9. The second-order valence-electron chi connectivity index (χ2n) is 5.30. The summed E-state index contributed by atoms with van der Waals surface area (Å²) in [4.78, 5) is 0.233. The molecule has 0 saturated heterocycles. The van der Waals surface area contributed by atoms with E-state index in [1.165, 1.54) is 12.1 Å². The molecule has 0 radical (unpaired) electrons. The van der Waals surface area contributed by atoms with E-state index in [1.54, 1.807) is 12.1 Å². The summed E-state index contributed by atoms with van der Waals surface area (Å²) in [5, 5.41) is 22.3. The van der Waals surface area contributed by atoms with E-state index in [2.05, 4.69) is 5.32 Å². The summed E-state index contributed by atoms with van der Waals surface area (Å²) < 4.78 is 22.7. The largest absolute Gasteiger partial charge is 0.395 e. The van der Waals surface area contributed by atoms with E-state index in [0.717, 1.165) is 6.26 Å². The minimum atomic E-state index is -3.22. The molecule has 6 heteroatoms. The maximum Gasteiger partial charge on any atom is 0.175 e. The van der Waals surface area contributed by atoms with Crippen molar-refractivity contribution in [2.75, 3.05) is 19.4 Å². The van der Waals surface area contributed by atoms with Crippen LogP contribution in [-0.2, 0) is 9.84 Å². The zero-order valence-electron chi connectivity index (χ0n) is 12.1. The molecule has 2 unspecified atom stereocenters. The van der Waals surface area contributed by atoms with Gasteiger partial charge in [0.25, 0.3) is 0 Å². The molecule has 0 bridgehead atoms. The van der Waals surface area contributed by atoms with Crippen LogP contribution in [0.1, 0.15) is 25.5 Å². The number of nitrogens with one attached hydrogen (secondary N) is 1. The Balaban J connectivity index is 2.66. The number of sulfone groups is 1. The van der Waals surface area contributed by atoms with Gasteiger partial charge in [-0.05, 0) is 23.6 Å². The molecule has 0 saturated carbocycles. The first-order valence-corrected chi connectivity index (χ1v) is 8.47. The molecule has 0 spiro atoms. The first-order valence-electron chi connectivity index (χ1n) is 6.58. The van der Waals surface area contributed by atoms with E-state index in [0.29, 0.717) is 12.1 Å². The van der Waals surface area contributed by atoms with Gasteiger partial charge in [-0.3, -0.25) is 0 Å². The highest BCUT2D eigenvalue weighted by molar-refractivity contribution is 7.90. The van der Waals surface area contributed by atoms with Crippen molar-refractivity contribution >= 4 is 9.84 Å². The normalized spacial score (nSPS) is 15.3. The number of aliphatic hydroxyl groups is 2. The van der Waals surface area contributed by atoms with Gasteiger partial charge in [-0.25, -0.2) is 8.42 Å². The molecule has 2 atom stereocenters. The first-order chi connectivity index (χ1) is 9.25. The molecule has 0 aliphatic heterocycles. The van der Waals surface area contributed by atoms with Crippen LogP contribution >= 0.6 is 0 Å². The SMILES string of the molecule is CC(C)C(CO)NCC(O)c1ccc(S(C)(=O)=O)cc1. The Kier molecular flexibility index (Phi) is 6.13. The molecule has 0 fully saturated rings. The van der Waals surface area contributed by atoms with Gasteiger partial charge in [0.05, 0.1) is 17.6 Å². The molecule has 1 aromatic rings. The average molecular weight is 301 g/mol. The number of hydrogen-bond donors (Lipinski definition) is 3. The Morgan fingerprint density at radius 2 is 1.75 bits per heavy atom. The standard InChI is InChI=1S/C14H23NO4S/c1-10(2)13(9-16)15-8-14(17)11-4-6-12(7-5-11)20(3,18)19/h4-7,10,13-17H,8-9H2,1-3H3. The van der Waals surface area contributed by atoms with Crippen molar-refractivity contribution in [2.24, 2.45) is 5.92 Å². The highest BCUT2D eigenvalue weighted by Crippen LogP contribution is 2.16. The molecule has 5 nitrogen and oxygen atoms in total. The molecule has 0 aliphatic rings. The van der Waals surface area contributed by atoms with E-state index in [1.807, 2.05) is 13.8 Å². The Morgan fingerprint density at radius 1 is 1.20 bits per heavy atom. The van der Waals surface area contributed by atoms with Crippen LogP contribution in [-0.4, -0.2) is 44.1 Å². The van der Waals surface area contributed by atoms with Crippen LogP contribution in [0.15, 0.2) is 29.2 Å². The molecule has 0 amide bonds. The van der Waals surface area contributed by atoms with Gasteiger partial charge >= 0.3 is 0 Å². The van der Waals surface area contributed by atoms with E-state index in [9.17, 15) is 18.6 Å². The van der Waals surface area contributed by atoms with Crippen molar-refractivity contribution in [3.63, 3.8) is 0 Å². The molecule has 3 N–H and O–H groups in total. The van der Waals surface area contributed by atoms with E-state index >= 15 is 0 Å². The summed E-state index contributed by atoms with van der Waals surface area (Å²) in [5.74, 6) is 0.264. The lowest BCUT2D eigenvalue weighted by molar-refractivity contribution is 0.148. The number of rotatable bonds is 7. The second kappa shape index (κ2) is 7.17. The molecular weight excluding hydrogens is 278 g/mol. The minimum absolute atomic E-state index is 0.0113. The van der Waals surface area contributed by atoms with Crippen LogP contribution in [0.25, 0.3) is 0 Å². The van der Waals surface area contributed by atoms with Crippen molar-refractivity contribution in [1.82, 2.24) is 5.32 Å². The predicted octanol–water partition coefficient (Wildman–Crippen LogP) is 0.730. The van der Waals surface area contributed by atoms with Crippen molar-refractivity contribution in [3.8, 4) is 0 Å². The van der Waals surface area contributed by atoms with Gasteiger partial charge in [0.15, 0.2) is 9.84 Å². The van der Waals surface area contributed by atoms with Gasteiger partial charge in [0.2, 0.25) is 0 Å². The third kappa shape index (κ3) is 4.86. The van der Waals surface area contributed by atoms with Crippen molar-refractivity contribution in [2.45, 2.75) is 30.9 Å². The first kappa shape index (κ1) is 17.1. The van der Waals surface area contributed by atoms with Gasteiger partial charge in [-0.15, -0.1) is 0 Å². The molecule has 20 heavy (non-hydrogen) atoms. The Labute approximate surface area is 120 Å². The lowest BCUT2D eigenvalue weighted by atomic mass is 10.0. The maximum atomic E-state index is 11.3. The third-order valence-corrected chi connectivity index (χ3v) is 4.40. The third-order valence-electron chi connectivity index (χ3n) is 3.27. The highest BCUT2D eigenvalue weighted by Gasteiger charge is 2.15. The van der Waals surface area contributed by atoms with Crippen molar-refractivity contribution < 1.29 is 18.6 Å². The van der Waals surface area contributed by atoms with Crippen molar-refractivity contribution in [3.05, 3.63) is 29.8 Å². The molecule has 0 aromatic heterocycles.